The maximum atomic E-state index is 13.8. The zero-order chi connectivity index (χ0) is 33.9. The van der Waals surface area contributed by atoms with Crippen LogP contribution in [0.15, 0.2) is 138 Å². The van der Waals surface area contributed by atoms with Crippen LogP contribution in [0.3, 0.4) is 0 Å². The van der Waals surface area contributed by atoms with E-state index in [0.717, 1.165) is 16.0 Å². The van der Waals surface area contributed by atoms with Crippen molar-refractivity contribution < 1.29 is 19.1 Å². The summed E-state index contributed by atoms with van der Waals surface area (Å²) in [5.41, 5.74) is 3.79. The van der Waals surface area contributed by atoms with Gasteiger partial charge in [-0.1, -0.05) is 90.5 Å². The van der Waals surface area contributed by atoms with Crippen molar-refractivity contribution in [2.75, 3.05) is 17.2 Å². The average molecular weight is 676 g/mol. The molecule has 0 aromatic heterocycles. The molecule has 1 atom stereocenters. The number of nitrogens with one attached hydrogen (secondary N) is 3. The van der Waals surface area contributed by atoms with E-state index in [9.17, 15) is 14.4 Å². The summed E-state index contributed by atoms with van der Waals surface area (Å²) in [6.07, 6.45) is 1.59. The first-order valence-electron chi connectivity index (χ1n) is 15.3. The summed E-state index contributed by atoms with van der Waals surface area (Å²) in [4.78, 5) is 41.4. The summed E-state index contributed by atoms with van der Waals surface area (Å²) in [5.74, 6) is -0.591. The highest BCUT2D eigenvalue weighted by Crippen LogP contribution is 2.38. The molecule has 7 nitrogen and oxygen atoms in total. The van der Waals surface area contributed by atoms with Crippen LogP contribution in [0.25, 0.3) is 6.08 Å². The molecule has 0 aliphatic carbocycles. The predicted molar refractivity (Wildman–Crippen MR) is 194 cm³/mol. The highest BCUT2D eigenvalue weighted by Gasteiger charge is 2.23. The minimum Gasteiger partial charge on any atom is -0.493 e. The van der Waals surface area contributed by atoms with Gasteiger partial charge in [-0.2, -0.15) is 0 Å². The molecular formula is C39H34ClN3O4S. The molecule has 0 radical (unpaired) electrons. The maximum Gasteiger partial charge on any atom is 0.272 e. The Balaban J connectivity index is 1.40. The Bertz CT molecular complexity index is 1930. The molecule has 0 fully saturated rings. The topological polar surface area (TPSA) is 96.5 Å². The number of para-hydroxylation sites is 1. The predicted octanol–water partition coefficient (Wildman–Crippen LogP) is 8.93. The Kier molecular flexibility index (Phi) is 11.7. The number of anilines is 2. The van der Waals surface area contributed by atoms with Crippen molar-refractivity contribution in [3.05, 3.63) is 160 Å². The second-order valence-corrected chi connectivity index (χ2v) is 12.2. The first-order chi connectivity index (χ1) is 23.3. The third-order valence-corrected chi connectivity index (χ3v) is 8.92. The van der Waals surface area contributed by atoms with Gasteiger partial charge in [-0.3, -0.25) is 14.4 Å². The lowest BCUT2D eigenvalue weighted by Gasteiger charge is -2.19. The molecule has 3 amide bonds. The van der Waals surface area contributed by atoms with Crippen molar-refractivity contribution in [2.24, 2.45) is 0 Å². The molecule has 48 heavy (non-hydrogen) atoms. The molecule has 0 bridgehead atoms. The van der Waals surface area contributed by atoms with Crippen molar-refractivity contribution in [3.63, 3.8) is 0 Å². The Hall–Kier alpha value is -5.31. The van der Waals surface area contributed by atoms with Gasteiger partial charge in [-0.15, -0.1) is 11.8 Å². The molecule has 5 aromatic rings. The summed E-state index contributed by atoms with van der Waals surface area (Å²) in [7, 11) is 0. The summed E-state index contributed by atoms with van der Waals surface area (Å²) in [5, 5.41) is 8.68. The fourth-order valence-corrected chi connectivity index (χ4v) is 6.07. The lowest BCUT2D eigenvalue weighted by Crippen LogP contribution is -2.30. The van der Waals surface area contributed by atoms with Crippen LogP contribution in [0.1, 0.15) is 39.2 Å². The Morgan fingerprint density at radius 2 is 1.50 bits per heavy atom. The third-order valence-electron chi connectivity index (χ3n) is 7.26. The summed E-state index contributed by atoms with van der Waals surface area (Å²) < 4.78 is 5.75. The molecule has 5 rings (SSSR count). The molecule has 0 aliphatic rings. The lowest BCUT2D eigenvalue weighted by atomic mass is 10.1. The third kappa shape index (κ3) is 8.94. The highest BCUT2D eigenvalue weighted by atomic mass is 35.5. The standard InChI is InChI=1S/C39H34ClN3O4S/c1-3-47-35-23-11-10-18-29(35)24-34(43-37(44)28-16-8-5-9-17-28)38(45)41-30-19-12-20-31(25-30)48-36(27-14-6-4-7-15-27)39(46)42-33-22-13-21-32(40)26(33)2/h4-25,36H,3H2,1-2H3,(H,41,45)(H,42,46)(H,43,44)/b34-24+. The maximum absolute atomic E-state index is 13.8. The lowest BCUT2D eigenvalue weighted by molar-refractivity contribution is -0.116. The number of benzene rings is 5. The SMILES string of the molecule is CCOc1ccccc1/C=C(/NC(=O)c1ccccc1)C(=O)Nc1cccc(SC(C(=O)Nc2cccc(Cl)c2C)c2ccccc2)c1. The molecule has 9 heteroatoms. The smallest absolute Gasteiger partial charge is 0.272 e. The van der Waals surface area contributed by atoms with E-state index in [-0.39, 0.29) is 11.6 Å². The van der Waals surface area contributed by atoms with Crippen LogP contribution >= 0.6 is 23.4 Å². The number of amides is 3. The normalized spacial score (nSPS) is 11.7. The molecule has 0 aliphatic heterocycles. The van der Waals surface area contributed by atoms with Gasteiger partial charge in [0.1, 0.15) is 16.7 Å². The number of hydrogen-bond donors (Lipinski definition) is 3. The van der Waals surface area contributed by atoms with Crippen LogP contribution in [0, 0.1) is 6.92 Å². The number of hydrogen-bond acceptors (Lipinski definition) is 5. The average Bonchev–Trinajstić information content (AvgIpc) is 3.10. The zero-order valence-corrected chi connectivity index (χ0v) is 28.0. The van der Waals surface area contributed by atoms with Crippen molar-refractivity contribution >= 4 is 58.5 Å². The number of carbonyl (C=O) groups is 3. The minimum absolute atomic E-state index is 0.0347. The molecule has 3 N–H and O–H groups in total. The molecule has 242 valence electrons. The van der Waals surface area contributed by atoms with E-state index >= 15 is 0 Å². The number of carbonyl (C=O) groups excluding carboxylic acids is 3. The van der Waals surface area contributed by atoms with E-state index in [2.05, 4.69) is 16.0 Å². The van der Waals surface area contributed by atoms with Crippen molar-refractivity contribution in [1.82, 2.24) is 5.32 Å². The Morgan fingerprint density at radius 3 is 2.25 bits per heavy atom. The molecule has 0 saturated carbocycles. The molecule has 1 unspecified atom stereocenters. The van der Waals surface area contributed by atoms with Crippen LogP contribution in [0.5, 0.6) is 5.75 Å². The van der Waals surface area contributed by atoms with Crippen LogP contribution in [0.2, 0.25) is 5.02 Å². The van der Waals surface area contributed by atoms with Crippen LogP contribution < -0.4 is 20.7 Å². The van der Waals surface area contributed by atoms with Gasteiger partial charge >= 0.3 is 0 Å². The first-order valence-corrected chi connectivity index (χ1v) is 16.6. The number of thioether (sulfide) groups is 1. The van der Waals surface area contributed by atoms with E-state index in [4.69, 9.17) is 16.3 Å². The van der Waals surface area contributed by atoms with E-state index < -0.39 is 17.1 Å². The van der Waals surface area contributed by atoms with Gasteiger partial charge in [-0.25, -0.2) is 0 Å². The Labute approximate surface area is 289 Å². The fraction of sp³-hybridized carbons (Fsp3) is 0.103. The zero-order valence-electron chi connectivity index (χ0n) is 26.4. The summed E-state index contributed by atoms with van der Waals surface area (Å²) in [6.45, 7) is 4.17. The monoisotopic (exact) mass is 675 g/mol. The van der Waals surface area contributed by atoms with Crippen LogP contribution in [0.4, 0.5) is 11.4 Å². The fourth-order valence-electron chi connectivity index (χ4n) is 4.81. The van der Waals surface area contributed by atoms with E-state index in [1.54, 1.807) is 66.7 Å². The van der Waals surface area contributed by atoms with Gasteiger partial charge in [0.15, 0.2) is 0 Å². The molecule has 0 heterocycles. The molecule has 5 aromatic carbocycles. The van der Waals surface area contributed by atoms with Crippen LogP contribution in [-0.4, -0.2) is 24.3 Å². The number of ether oxygens (including phenoxy) is 1. The van der Waals surface area contributed by atoms with Gasteiger partial charge in [-0.05, 0) is 79.6 Å². The largest absolute Gasteiger partial charge is 0.493 e. The molecule has 0 spiro atoms. The quantitative estimate of drug-likeness (QED) is 0.0907. The van der Waals surface area contributed by atoms with Crippen molar-refractivity contribution in [3.8, 4) is 5.75 Å². The van der Waals surface area contributed by atoms with Crippen molar-refractivity contribution in [2.45, 2.75) is 24.0 Å². The summed E-state index contributed by atoms with van der Waals surface area (Å²) in [6, 6.07) is 38.0. The first kappa shape index (κ1) is 34.0. The van der Waals surface area contributed by atoms with Crippen LogP contribution in [-0.2, 0) is 9.59 Å². The van der Waals surface area contributed by atoms with Gasteiger partial charge in [0.2, 0.25) is 5.91 Å². The highest BCUT2D eigenvalue weighted by molar-refractivity contribution is 8.00. The van der Waals surface area contributed by atoms with Crippen molar-refractivity contribution in [1.29, 1.82) is 0 Å². The minimum atomic E-state index is -0.605. The van der Waals surface area contributed by atoms with Gasteiger partial charge in [0, 0.05) is 32.4 Å². The Morgan fingerprint density at radius 1 is 0.812 bits per heavy atom. The van der Waals surface area contributed by atoms with Gasteiger partial charge in [0.25, 0.3) is 11.8 Å². The van der Waals surface area contributed by atoms with E-state index in [0.29, 0.717) is 39.9 Å². The van der Waals surface area contributed by atoms with Gasteiger partial charge < -0.3 is 20.7 Å². The van der Waals surface area contributed by atoms with Gasteiger partial charge in [0.05, 0.1) is 6.61 Å². The summed E-state index contributed by atoms with van der Waals surface area (Å²) >= 11 is 7.66. The second kappa shape index (κ2) is 16.5. The van der Waals surface area contributed by atoms with E-state index in [1.165, 1.54) is 11.8 Å². The second-order valence-electron chi connectivity index (χ2n) is 10.6. The number of rotatable bonds is 12. The number of halogens is 1. The molecule has 0 saturated heterocycles. The molecular weight excluding hydrogens is 642 g/mol. The van der Waals surface area contributed by atoms with E-state index in [1.807, 2.05) is 80.6 Å².